The molecule has 2 nitrogen and oxygen atoms in total. The molecule has 2 rings (SSSR count). The number of rotatable bonds is 2. The molecule has 1 aromatic carbocycles. The molecule has 0 amide bonds. The molecule has 1 aromatic rings. The maximum atomic E-state index is 12.4. The van der Waals surface area contributed by atoms with E-state index in [0.717, 1.165) is 43.6 Å². The van der Waals surface area contributed by atoms with Crippen LogP contribution < -0.4 is 5.73 Å². The Morgan fingerprint density at radius 2 is 1.89 bits per heavy atom. The third kappa shape index (κ3) is 3.46. The number of hydrogen-bond acceptors (Lipinski definition) is 2. The van der Waals surface area contributed by atoms with Gasteiger partial charge in [0.1, 0.15) is 0 Å². The average Bonchev–Trinajstić information content (AvgIpc) is 2.28. The van der Waals surface area contributed by atoms with E-state index in [9.17, 15) is 13.2 Å². The summed E-state index contributed by atoms with van der Waals surface area (Å²) in [5.41, 5.74) is 6.17. The van der Waals surface area contributed by atoms with Crippen LogP contribution in [0.4, 0.5) is 13.2 Å². The van der Waals surface area contributed by atoms with Gasteiger partial charge in [-0.25, -0.2) is 0 Å². The summed E-state index contributed by atoms with van der Waals surface area (Å²) < 4.78 is 37.2. The minimum Gasteiger partial charge on any atom is -0.327 e. The number of piperidine rings is 1. The minimum atomic E-state index is -4.26. The number of alkyl halides is 3. The van der Waals surface area contributed by atoms with Crippen LogP contribution in [0.15, 0.2) is 24.3 Å². The first kappa shape index (κ1) is 13.4. The predicted molar refractivity (Wildman–Crippen MR) is 63.9 cm³/mol. The third-order valence-electron chi connectivity index (χ3n) is 3.23. The number of halogens is 3. The first-order chi connectivity index (χ1) is 8.45. The van der Waals surface area contributed by atoms with Crippen LogP contribution in [0.3, 0.4) is 0 Å². The van der Waals surface area contributed by atoms with Gasteiger partial charge in [0.15, 0.2) is 0 Å². The second-order valence-electron chi connectivity index (χ2n) is 4.83. The highest BCUT2D eigenvalue weighted by Crippen LogP contribution is 2.29. The molecule has 0 radical (unpaired) electrons. The number of hydrogen-bond donors (Lipinski definition) is 1. The fourth-order valence-corrected chi connectivity index (χ4v) is 2.29. The van der Waals surface area contributed by atoms with Gasteiger partial charge in [0, 0.05) is 19.1 Å². The van der Waals surface area contributed by atoms with Gasteiger partial charge in [0.25, 0.3) is 0 Å². The maximum absolute atomic E-state index is 12.4. The van der Waals surface area contributed by atoms with Gasteiger partial charge in [-0.15, -0.1) is 0 Å². The van der Waals surface area contributed by atoms with E-state index in [1.165, 1.54) is 0 Å². The van der Waals surface area contributed by atoms with Gasteiger partial charge in [0.05, 0.1) is 5.56 Å². The molecule has 100 valence electrons. The van der Waals surface area contributed by atoms with Crippen molar-refractivity contribution in [2.45, 2.75) is 31.6 Å². The van der Waals surface area contributed by atoms with Gasteiger partial charge < -0.3 is 5.73 Å². The van der Waals surface area contributed by atoms with E-state index in [4.69, 9.17) is 5.73 Å². The molecule has 1 heterocycles. The number of nitrogens with zero attached hydrogens (tertiary/aromatic N) is 1. The first-order valence-corrected chi connectivity index (χ1v) is 6.09. The fourth-order valence-electron chi connectivity index (χ4n) is 2.29. The molecule has 18 heavy (non-hydrogen) atoms. The first-order valence-electron chi connectivity index (χ1n) is 6.09. The molecule has 0 aliphatic carbocycles. The zero-order valence-electron chi connectivity index (χ0n) is 10.1. The summed E-state index contributed by atoms with van der Waals surface area (Å²) in [4.78, 5) is 2.19. The summed E-state index contributed by atoms with van der Waals surface area (Å²) in [6.45, 7) is 2.46. The summed E-state index contributed by atoms with van der Waals surface area (Å²) >= 11 is 0. The zero-order chi connectivity index (χ0) is 13.2. The quantitative estimate of drug-likeness (QED) is 0.883. The Balaban J connectivity index is 1.98. The lowest BCUT2D eigenvalue weighted by atomic mass is 10.1. The average molecular weight is 258 g/mol. The van der Waals surface area contributed by atoms with Crippen molar-refractivity contribution in [3.05, 3.63) is 35.4 Å². The van der Waals surface area contributed by atoms with Gasteiger partial charge in [-0.2, -0.15) is 13.2 Å². The largest absolute Gasteiger partial charge is 0.416 e. The summed E-state index contributed by atoms with van der Waals surface area (Å²) in [6, 6.07) is 5.55. The molecule has 0 aromatic heterocycles. The Bertz CT molecular complexity index is 386. The van der Waals surface area contributed by atoms with Gasteiger partial charge in [-0.3, -0.25) is 4.90 Å². The number of nitrogens with two attached hydrogens (primary N) is 1. The summed E-state index contributed by atoms with van der Waals surface area (Å²) in [6.07, 6.45) is -2.17. The summed E-state index contributed by atoms with van der Waals surface area (Å²) in [5.74, 6) is 0. The van der Waals surface area contributed by atoms with Crippen LogP contribution in [0.5, 0.6) is 0 Å². The molecular weight excluding hydrogens is 241 g/mol. The lowest BCUT2D eigenvalue weighted by Crippen LogP contribution is -2.42. The molecule has 2 N–H and O–H groups in total. The highest BCUT2D eigenvalue weighted by molar-refractivity contribution is 5.24. The zero-order valence-corrected chi connectivity index (χ0v) is 10.1. The Morgan fingerprint density at radius 3 is 2.44 bits per heavy atom. The lowest BCUT2D eigenvalue weighted by molar-refractivity contribution is -0.137. The van der Waals surface area contributed by atoms with Crippen molar-refractivity contribution in [2.24, 2.45) is 5.73 Å². The fraction of sp³-hybridized carbons (Fsp3) is 0.538. The molecule has 5 heteroatoms. The highest BCUT2D eigenvalue weighted by Gasteiger charge is 2.30. The van der Waals surface area contributed by atoms with E-state index in [1.807, 2.05) is 0 Å². The Labute approximate surface area is 105 Å². The van der Waals surface area contributed by atoms with E-state index in [2.05, 4.69) is 4.90 Å². The normalized spacial score (nSPS) is 22.1. The summed E-state index contributed by atoms with van der Waals surface area (Å²) in [5, 5.41) is 0. The molecule has 0 bridgehead atoms. The van der Waals surface area contributed by atoms with Gasteiger partial charge in [0.2, 0.25) is 0 Å². The number of likely N-dealkylation sites (tertiary alicyclic amines) is 1. The summed E-state index contributed by atoms with van der Waals surface area (Å²) in [7, 11) is 0. The molecule has 1 atom stereocenters. The minimum absolute atomic E-state index is 0.188. The van der Waals surface area contributed by atoms with Crippen LogP contribution in [0.1, 0.15) is 24.0 Å². The Kier molecular flexibility index (Phi) is 3.92. The van der Waals surface area contributed by atoms with Crippen molar-refractivity contribution in [2.75, 3.05) is 13.1 Å². The van der Waals surface area contributed by atoms with E-state index < -0.39 is 11.7 Å². The molecule has 1 fully saturated rings. The molecule has 1 aliphatic rings. The van der Waals surface area contributed by atoms with Crippen LogP contribution in [0, 0.1) is 0 Å². The van der Waals surface area contributed by atoms with Crippen molar-refractivity contribution in [3.8, 4) is 0 Å². The van der Waals surface area contributed by atoms with Crippen molar-refractivity contribution in [3.63, 3.8) is 0 Å². The third-order valence-corrected chi connectivity index (χ3v) is 3.23. The van der Waals surface area contributed by atoms with Gasteiger partial charge in [-0.05, 0) is 37.1 Å². The van der Waals surface area contributed by atoms with Crippen LogP contribution in [-0.2, 0) is 12.7 Å². The topological polar surface area (TPSA) is 29.3 Å². The number of benzene rings is 1. The van der Waals surface area contributed by atoms with E-state index in [0.29, 0.717) is 6.54 Å². The Morgan fingerprint density at radius 1 is 1.22 bits per heavy atom. The smallest absolute Gasteiger partial charge is 0.327 e. The van der Waals surface area contributed by atoms with Gasteiger partial charge >= 0.3 is 6.18 Å². The second-order valence-corrected chi connectivity index (χ2v) is 4.83. The highest BCUT2D eigenvalue weighted by atomic mass is 19.4. The van der Waals surface area contributed by atoms with Gasteiger partial charge in [-0.1, -0.05) is 12.1 Å². The van der Waals surface area contributed by atoms with Crippen molar-refractivity contribution in [1.82, 2.24) is 4.90 Å². The lowest BCUT2D eigenvalue weighted by Gasteiger charge is -2.30. The Hall–Kier alpha value is -1.07. The van der Waals surface area contributed by atoms with Crippen molar-refractivity contribution in [1.29, 1.82) is 0 Å². The second kappa shape index (κ2) is 5.28. The van der Waals surface area contributed by atoms with Crippen LogP contribution in [-0.4, -0.2) is 24.0 Å². The predicted octanol–water partition coefficient (Wildman–Crippen LogP) is 2.63. The molecule has 0 saturated carbocycles. The van der Waals surface area contributed by atoms with Crippen LogP contribution in [0.25, 0.3) is 0 Å². The van der Waals surface area contributed by atoms with Crippen LogP contribution in [0.2, 0.25) is 0 Å². The monoisotopic (exact) mass is 258 g/mol. The SMILES string of the molecule is NC1CCCN(Cc2ccc(C(F)(F)F)cc2)C1. The standard InChI is InChI=1S/C13H17F3N2/c14-13(15,16)11-5-3-10(4-6-11)8-18-7-1-2-12(17)9-18/h3-6,12H,1-2,7-9,17H2. The van der Waals surface area contributed by atoms with Crippen molar-refractivity contribution >= 4 is 0 Å². The van der Waals surface area contributed by atoms with E-state index in [1.54, 1.807) is 12.1 Å². The van der Waals surface area contributed by atoms with E-state index >= 15 is 0 Å². The molecule has 0 spiro atoms. The molecular formula is C13H17F3N2. The van der Waals surface area contributed by atoms with Crippen molar-refractivity contribution < 1.29 is 13.2 Å². The molecule has 1 aliphatic heterocycles. The molecule has 1 saturated heterocycles. The maximum Gasteiger partial charge on any atom is 0.416 e. The van der Waals surface area contributed by atoms with E-state index in [-0.39, 0.29) is 6.04 Å². The molecule has 1 unspecified atom stereocenters. The van der Waals surface area contributed by atoms with Crippen LogP contribution >= 0.6 is 0 Å².